The van der Waals surface area contributed by atoms with Gasteiger partial charge >= 0.3 is 0 Å². The monoisotopic (exact) mass is 164 g/mol. The quantitative estimate of drug-likeness (QED) is 0.585. The van der Waals surface area contributed by atoms with Gasteiger partial charge in [-0.2, -0.15) is 0 Å². The first kappa shape index (κ1) is 12.0. The molecule has 1 amide bonds. The Bertz CT molecular complexity index is 154. The second-order valence-corrected chi connectivity index (χ2v) is 1.87. The van der Waals surface area contributed by atoms with E-state index in [9.17, 15) is 4.79 Å². The molecule has 0 aliphatic carbocycles. The molecule has 0 aromatic rings. The van der Waals surface area contributed by atoms with Gasteiger partial charge in [0.2, 0.25) is 5.91 Å². The van der Waals surface area contributed by atoms with E-state index in [0.29, 0.717) is 17.7 Å². The molecule has 4 N–H and O–H groups in total. The van der Waals surface area contributed by atoms with Crippen molar-refractivity contribution in [3.05, 3.63) is 11.3 Å². The van der Waals surface area contributed by atoms with Crippen LogP contribution in [0.25, 0.3) is 0 Å². The lowest BCUT2D eigenvalue weighted by molar-refractivity contribution is -0.114. The second kappa shape index (κ2) is 5.11. The molecule has 10 heavy (non-hydrogen) atoms. The van der Waals surface area contributed by atoms with Gasteiger partial charge in [-0.3, -0.25) is 4.79 Å². The van der Waals surface area contributed by atoms with E-state index in [4.69, 9.17) is 11.5 Å². The fourth-order valence-corrected chi connectivity index (χ4v) is 0.423. The number of primary amides is 1. The Morgan fingerprint density at radius 3 is 1.90 bits per heavy atom. The van der Waals surface area contributed by atoms with Crippen LogP contribution in [0.3, 0.4) is 0 Å². The van der Waals surface area contributed by atoms with Crippen molar-refractivity contribution in [3.8, 4) is 0 Å². The average molecular weight is 165 g/mol. The highest BCUT2D eigenvalue weighted by molar-refractivity contribution is 5.91. The first-order valence-corrected chi connectivity index (χ1v) is 2.84. The molecule has 0 saturated heterocycles. The van der Waals surface area contributed by atoms with Crippen molar-refractivity contribution < 1.29 is 4.79 Å². The van der Waals surface area contributed by atoms with E-state index >= 15 is 0 Å². The Morgan fingerprint density at radius 2 is 1.80 bits per heavy atom. The summed E-state index contributed by atoms with van der Waals surface area (Å²) in [5, 5.41) is 0. The third-order valence-electron chi connectivity index (χ3n) is 1.23. The minimum absolute atomic E-state index is 0. The minimum Gasteiger partial charge on any atom is -0.402 e. The second-order valence-electron chi connectivity index (χ2n) is 1.87. The molecule has 0 unspecified atom stereocenters. The first-order chi connectivity index (χ1) is 4.09. The van der Waals surface area contributed by atoms with Gasteiger partial charge in [0.05, 0.1) is 0 Å². The maximum atomic E-state index is 10.4. The molecule has 0 atom stereocenters. The summed E-state index contributed by atoms with van der Waals surface area (Å²) in [7, 11) is 0. The van der Waals surface area contributed by atoms with E-state index in [1.165, 1.54) is 0 Å². The van der Waals surface area contributed by atoms with Crippen molar-refractivity contribution in [2.24, 2.45) is 11.5 Å². The van der Waals surface area contributed by atoms with E-state index in [0.717, 1.165) is 0 Å². The minimum atomic E-state index is -0.436. The van der Waals surface area contributed by atoms with Crippen LogP contribution in [0.15, 0.2) is 11.3 Å². The summed E-state index contributed by atoms with van der Waals surface area (Å²) in [6, 6.07) is 0. The van der Waals surface area contributed by atoms with Gasteiger partial charge < -0.3 is 11.5 Å². The molecule has 0 aliphatic rings. The van der Waals surface area contributed by atoms with E-state index in [1.807, 2.05) is 6.92 Å². The molecule has 0 saturated carbocycles. The Hall–Kier alpha value is -0.700. The molecule has 0 aromatic carbocycles. The van der Waals surface area contributed by atoms with Crippen LogP contribution < -0.4 is 11.5 Å². The van der Waals surface area contributed by atoms with Crippen molar-refractivity contribution in [2.45, 2.75) is 20.3 Å². The van der Waals surface area contributed by atoms with Gasteiger partial charge in [-0.15, -0.1) is 12.4 Å². The third-order valence-corrected chi connectivity index (χ3v) is 1.23. The molecule has 0 heterocycles. The Kier molecular flexibility index (Phi) is 6.15. The van der Waals surface area contributed by atoms with Gasteiger partial charge in [-0.1, -0.05) is 6.92 Å². The fraction of sp³-hybridized carbons (Fsp3) is 0.500. The topological polar surface area (TPSA) is 69.1 Å². The lowest BCUT2D eigenvalue weighted by Gasteiger charge is -1.98. The van der Waals surface area contributed by atoms with Crippen molar-refractivity contribution in [1.82, 2.24) is 0 Å². The molecule has 0 bridgehead atoms. The smallest absolute Gasteiger partial charge is 0.246 e. The van der Waals surface area contributed by atoms with E-state index in [1.54, 1.807) is 6.92 Å². The number of carbonyl (C=O) groups is 1. The van der Waals surface area contributed by atoms with E-state index in [2.05, 4.69) is 0 Å². The van der Waals surface area contributed by atoms with Gasteiger partial charge in [-0.25, -0.2) is 0 Å². The molecule has 0 fully saturated rings. The third kappa shape index (κ3) is 3.35. The Labute approximate surface area is 66.9 Å². The highest BCUT2D eigenvalue weighted by Gasteiger charge is 2.00. The fourth-order valence-electron chi connectivity index (χ4n) is 0.423. The number of hydrogen-bond donors (Lipinski definition) is 2. The molecule has 0 aromatic heterocycles. The Morgan fingerprint density at radius 1 is 1.40 bits per heavy atom. The zero-order valence-electron chi connectivity index (χ0n) is 6.18. The van der Waals surface area contributed by atoms with Gasteiger partial charge in [-0.05, 0) is 13.3 Å². The van der Waals surface area contributed by atoms with Crippen LogP contribution in [-0.4, -0.2) is 5.91 Å². The van der Waals surface area contributed by atoms with Crippen LogP contribution in [0.5, 0.6) is 0 Å². The lowest BCUT2D eigenvalue weighted by Crippen LogP contribution is -2.16. The predicted octanol–water partition coefficient (Wildman–Crippen LogP) is 0.536. The van der Waals surface area contributed by atoms with Gasteiger partial charge in [0.25, 0.3) is 0 Å². The van der Waals surface area contributed by atoms with Crippen molar-refractivity contribution in [1.29, 1.82) is 0 Å². The van der Waals surface area contributed by atoms with Crippen LogP contribution in [0.4, 0.5) is 0 Å². The largest absolute Gasteiger partial charge is 0.402 e. The van der Waals surface area contributed by atoms with Crippen LogP contribution in [0.2, 0.25) is 0 Å². The average Bonchev–Trinajstić information content (AvgIpc) is 1.84. The molecule has 0 radical (unpaired) electrons. The summed E-state index contributed by atoms with van der Waals surface area (Å²) in [6.45, 7) is 3.50. The van der Waals surface area contributed by atoms with Crippen molar-refractivity contribution >= 4 is 18.3 Å². The van der Waals surface area contributed by atoms with E-state index in [-0.39, 0.29) is 12.4 Å². The zero-order valence-corrected chi connectivity index (χ0v) is 6.99. The lowest BCUT2D eigenvalue weighted by atomic mass is 10.2. The highest BCUT2D eigenvalue weighted by Crippen LogP contribution is 1.99. The normalized spacial score (nSPS) is 11.4. The Balaban J connectivity index is 0. The van der Waals surface area contributed by atoms with Gasteiger partial charge in [0.15, 0.2) is 0 Å². The number of hydrogen-bond acceptors (Lipinski definition) is 2. The van der Waals surface area contributed by atoms with Crippen LogP contribution in [0, 0.1) is 0 Å². The van der Waals surface area contributed by atoms with Crippen LogP contribution in [-0.2, 0) is 4.79 Å². The summed E-state index contributed by atoms with van der Waals surface area (Å²) < 4.78 is 0. The molecule has 3 nitrogen and oxygen atoms in total. The maximum Gasteiger partial charge on any atom is 0.246 e. The molecule has 60 valence electrons. The van der Waals surface area contributed by atoms with Crippen LogP contribution in [0.1, 0.15) is 20.3 Å². The SMILES string of the molecule is CC/C(N)=C(/C)C(N)=O.Cl. The van der Waals surface area contributed by atoms with Gasteiger partial charge in [0, 0.05) is 11.3 Å². The summed E-state index contributed by atoms with van der Waals surface area (Å²) in [4.78, 5) is 10.4. The molecular formula is C6H13ClN2O. The first-order valence-electron chi connectivity index (χ1n) is 2.84. The van der Waals surface area contributed by atoms with Crippen LogP contribution >= 0.6 is 12.4 Å². The molecule has 4 heteroatoms. The molecular weight excluding hydrogens is 152 g/mol. The number of amides is 1. The number of carbonyl (C=O) groups excluding carboxylic acids is 1. The van der Waals surface area contributed by atoms with Crippen molar-refractivity contribution in [3.63, 3.8) is 0 Å². The summed E-state index contributed by atoms with van der Waals surface area (Å²) in [5.41, 5.74) is 11.4. The van der Waals surface area contributed by atoms with Crippen molar-refractivity contribution in [2.75, 3.05) is 0 Å². The maximum absolute atomic E-state index is 10.4. The molecule has 0 aliphatic heterocycles. The predicted molar refractivity (Wildman–Crippen MR) is 43.6 cm³/mol. The molecule has 0 spiro atoms. The standard InChI is InChI=1S/C6H12N2O.ClH/c1-3-5(7)4(2)6(8)9;/h3,7H2,1-2H3,(H2,8,9);1H/b5-4+;. The highest BCUT2D eigenvalue weighted by atomic mass is 35.5. The van der Waals surface area contributed by atoms with Gasteiger partial charge in [0.1, 0.15) is 0 Å². The summed E-state index contributed by atoms with van der Waals surface area (Å²) in [6.07, 6.45) is 0.675. The number of rotatable bonds is 2. The zero-order chi connectivity index (χ0) is 7.44. The summed E-state index contributed by atoms with van der Waals surface area (Å²) in [5.74, 6) is -0.436. The number of nitrogens with two attached hydrogens (primary N) is 2. The van der Waals surface area contributed by atoms with E-state index < -0.39 is 5.91 Å². The molecule has 0 rings (SSSR count). The number of allylic oxidation sites excluding steroid dienone is 1. The summed E-state index contributed by atoms with van der Waals surface area (Å²) >= 11 is 0. The number of halogens is 1.